The summed E-state index contributed by atoms with van der Waals surface area (Å²) in [5.41, 5.74) is 13.8. The molecule has 6 unspecified atom stereocenters. The van der Waals surface area contributed by atoms with Crippen LogP contribution in [-0.2, 0) is 41.6 Å². The highest BCUT2D eigenvalue weighted by atomic mass is 16.5. The molecule has 2 aromatic carbocycles. The number of amides is 4. The van der Waals surface area contributed by atoms with E-state index >= 15 is 0 Å². The number of nitrogens with zero attached hydrogens (tertiary/aromatic N) is 2. The molecule has 3 aliphatic heterocycles. The zero-order valence-electron chi connectivity index (χ0n) is 30.8. The maximum Gasteiger partial charge on any atom is 0.320 e. The minimum Gasteiger partial charge on any atom is -0.465 e. The third-order valence-corrected chi connectivity index (χ3v) is 9.73. The summed E-state index contributed by atoms with van der Waals surface area (Å²) in [5.74, 6) is -1.90. The number of carbonyl (C=O) groups is 5. The molecule has 3 aliphatic rings. The summed E-state index contributed by atoms with van der Waals surface area (Å²) in [6.45, 7) is 7.56. The van der Waals surface area contributed by atoms with Gasteiger partial charge in [-0.25, -0.2) is 0 Å². The summed E-state index contributed by atoms with van der Waals surface area (Å²) < 4.78 is 5.12. The summed E-state index contributed by atoms with van der Waals surface area (Å²) in [6.07, 6.45) is 3.43. The van der Waals surface area contributed by atoms with Crippen LogP contribution in [0, 0.1) is 5.92 Å². The normalized spacial score (nSPS) is 19.1. The zero-order chi connectivity index (χ0) is 37.6. The van der Waals surface area contributed by atoms with Crippen molar-refractivity contribution in [1.29, 1.82) is 0 Å². The summed E-state index contributed by atoms with van der Waals surface area (Å²) in [7, 11) is 0. The molecule has 0 spiro atoms. The van der Waals surface area contributed by atoms with Crippen LogP contribution in [0.25, 0.3) is 0 Å². The molecule has 2 aromatic rings. The van der Waals surface area contributed by atoms with Gasteiger partial charge in [0.25, 0.3) is 0 Å². The van der Waals surface area contributed by atoms with E-state index in [1.165, 1.54) is 0 Å². The van der Waals surface area contributed by atoms with Crippen LogP contribution in [0.1, 0.15) is 64.0 Å². The van der Waals surface area contributed by atoms with E-state index in [1.54, 1.807) is 11.8 Å². The Kier molecular flexibility index (Phi) is 15.6. The summed E-state index contributed by atoms with van der Waals surface area (Å²) in [4.78, 5) is 71.1. The lowest BCUT2D eigenvalue weighted by atomic mass is 9.87. The van der Waals surface area contributed by atoms with Crippen LogP contribution in [0.4, 0.5) is 0 Å². The highest BCUT2D eigenvalue weighted by Crippen LogP contribution is 2.32. The van der Waals surface area contributed by atoms with Crippen molar-refractivity contribution in [2.45, 2.75) is 102 Å². The van der Waals surface area contributed by atoms with Crippen LogP contribution in [0.3, 0.4) is 0 Å². The predicted octanol–water partition coefficient (Wildman–Crippen LogP) is 1.28. The lowest BCUT2D eigenvalue weighted by molar-refractivity contribution is -0.157. The number of benzene rings is 2. The third-order valence-electron chi connectivity index (χ3n) is 9.73. The molecule has 284 valence electrons. The molecule has 0 aliphatic carbocycles. The van der Waals surface area contributed by atoms with Crippen molar-refractivity contribution in [3.8, 4) is 0 Å². The molecule has 3 saturated heterocycles. The van der Waals surface area contributed by atoms with Crippen molar-refractivity contribution in [3.05, 3.63) is 71.8 Å². The van der Waals surface area contributed by atoms with E-state index in [9.17, 15) is 24.0 Å². The van der Waals surface area contributed by atoms with Crippen LogP contribution in [0.5, 0.6) is 0 Å². The topological polar surface area (TPSA) is 189 Å². The summed E-state index contributed by atoms with van der Waals surface area (Å²) in [6, 6.07) is 15.2. The van der Waals surface area contributed by atoms with Gasteiger partial charge in [-0.05, 0) is 69.0 Å². The molecule has 2 bridgehead atoms. The maximum atomic E-state index is 14.0. The monoisotopic (exact) mass is 719 g/mol. The van der Waals surface area contributed by atoms with Gasteiger partial charge in [-0.2, -0.15) is 0 Å². The van der Waals surface area contributed by atoms with Crippen molar-refractivity contribution in [2.24, 2.45) is 17.4 Å². The second kappa shape index (κ2) is 20.1. The van der Waals surface area contributed by atoms with Gasteiger partial charge in [0.05, 0.1) is 19.2 Å². The Morgan fingerprint density at radius 3 is 1.92 bits per heavy atom. The van der Waals surface area contributed by atoms with Gasteiger partial charge < -0.3 is 37.1 Å². The first kappa shape index (κ1) is 40.4. The van der Waals surface area contributed by atoms with Gasteiger partial charge in [0.1, 0.15) is 18.1 Å². The second-order valence-corrected chi connectivity index (χ2v) is 14.3. The molecule has 13 nitrogen and oxygen atoms in total. The van der Waals surface area contributed by atoms with Crippen LogP contribution >= 0.6 is 0 Å². The molecular weight excluding hydrogens is 662 g/mol. The van der Waals surface area contributed by atoms with Gasteiger partial charge in [-0.1, -0.05) is 74.5 Å². The molecule has 0 saturated carbocycles. The first-order valence-corrected chi connectivity index (χ1v) is 18.6. The van der Waals surface area contributed by atoms with Crippen LogP contribution in [-0.4, -0.2) is 108 Å². The third kappa shape index (κ3) is 11.9. The van der Waals surface area contributed by atoms with Gasteiger partial charge in [0.15, 0.2) is 0 Å². The zero-order valence-corrected chi connectivity index (χ0v) is 30.8. The Bertz CT molecular complexity index is 1460. The second-order valence-electron chi connectivity index (χ2n) is 14.3. The minimum atomic E-state index is -1.00. The van der Waals surface area contributed by atoms with E-state index < -0.39 is 41.9 Å². The molecule has 0 aromatic heterocycles. The van der Waals surface area contributed by atoms with E-state index in [1.807, 2.05) is 74.5 Å². The maximum absolute atomic E-state index is 14.0. The van der Waals surface area contributed by atoms with Crippen molar-refractivity contribution in [3.63, 3.8) is 0 Å². The van der Waals surface area contributed by atoms with E-state index in [2.05, 4.69) is 20.9 Å². The lowest BCUT2D eigenvalue weighted by Crippen LogP contribution is -2.71. The van der Waals surface area contributed by atoms with Crippen molar-refractivity contribution in [2.75, 3.05) is 32.8 Å². The SMILES string of the molecule is CCOC(=O)CN1C2CC1CN(C(=O)C(CCCCN)NC(=O)C(CC(C)C)NC(=O)C(Cc1ccccc1)NC(=O)C(N)Cc1ccccc1)C2. The average Bonchev–Trinajstić information content (AvgIpc) is 3.13. The Morgan fingerprint density at radius 2 is 1.35 bits per heavy atom. The summed E-state index contributed by atoms with van der Waals surface area (Å²) >= 11 is 0. The predicted molar refractivity (Wildman–Crippen MR) is 199 cm³/mol. The standard InChI is InChI=1S/C39H57N7O6/c1-4-52-35(47)25-46-29-22-30(46)24-45(23-29)39(51)32(17-11-12-18-40)42-37(49)33(19-26(2)3)44-38(50)34(21-28-15-9-6-10-16-28)43-36(48)31(41)20-27-13-7-5-8-14-27/h5-10,13-16,26,29-34H,4,11-12,17-25,40-41H2,1-3H3,(H,42,49)(H,43,48)(H,44,50). The smallest absolute Gasteiger partial charge is 0.320 e. The number of hydrogen-bond donors (Lipinski definition) is 5. The molecular formula is C39H57N7O6. The van der Waals surface area contributed by atoms with Gasteiger partial charge in [-0.3, -0.25) is 28.9 Å². The van der Waals surface area contributed by atoms with Gasteiger partial charge in [-0.15, -0.1) is 0 Å². The van der Waals surface area contributed by atoms with E-state index in [0.29, 0.717) is 58.3 Å². The van der Waals surface area contributed by atoms with Gasteiger partial charge in [0.2, 0.25) is 23.6 Å². The molecule has 3 fully saturated rings. The fraction of sp³-hybridized carbons (Fsp3) is 0.564. The number of carbonyl (C=O) groups excluding carboxylic acids is 5. The fourth-order valence-electron chi connectivity index (χ4n) is 7.00. The Hall–Kier alpha value is -4.33. The number of nitrogens with two attached hydrogens (primary N) is 2. The number of rotatable bonds is 20. The lowest BCUT2D eigenvalue weighted by Gasteiger charge is -2.56. The Balaban J connectivity index is 1.45. The number of piperazine rings is 1. The molecule has 4 amide bonds. The number of esters is 1. The van der Waals surface area contributed by atoms with Crippen molar-refractivity contribution < 1.29 is 28.7 Å². The van der Waals surface area contributed by atoms with Crippen LogP contribution in [0.15, 0.2) is 60.7 Å². The molecule has 0 radical (unpaired) electrons. The molecule has 6 atom stereocenters. The van der Waals surface area contributed by atoms with Crippen LogP contribution < -0.4 is 27.4 Å². The molecule has 7 N–H and O–H groups in total. The highest BCUT2D eigenvalue weighted by molar-refractivity contribution is 5.95. The Morgan fingerprint density at radius 1 is 0.788 bits per heavy atom. The number of nitrogens with one attached hydrogen (secondary N) is 3. The Labute approximate surface area is 307 Å². The number of ether oxygens (including phenoxy) is 1. The van der Waals surface area contributed by atoms with E-state index in [-0.39, 0.29) is 42.8 Å². The quantitative estimate of drug-likeness (QED) is 0.0992. The highest BCUT2D eigenvalue weighted by Gasteiger charge is 2.47. The number of fused-ring (bicyclic) bond motifs is 2. The van der Waals surface area contributed by atoms with E-state index in [4.69, 9.17) is 16.2 Å². The van der Waals surface area contributed by atoms with Gasteiger partial charge >= 0.3 is 5.97 Å². The fourth-order valence-corrected chi connectivity index (χ4v) is 7.00. The molecule has 3 heterocycles. The number of unbranched alkanes of at least 4 members (excludes halogenated alkanes) is 1. The molecule has 5 rings (SSSR count). The van der Waals surface area contributed by atoms with Crippen molar-refractivity contribution in [1.82, 2.24) is 25.8 Å². The number of hydrogen-bond acceptors (Lipinski definition) is 9. The molecule has 52 heavy (non-hydrogen) atoms. The first-order valence-electron chi connectivity index (χ1n) is 18.6. The van der Waals surface area contributed by atoms with E-state index in [0.717, 1.165) is 17.5 Å². The number of piperidine rings is 1. The summed E-state index contributed by atoms with van der Waals surface area (Å²) in [5, 5.41) is 8.70. The first-order chi connectivity index (χ1) is 25.0. The minimum absolute atomic E-state index is 0.0310. The van der Waals surface area contributed by atoms with Crippen LogP contribution in [0.2, 0.25) is 0 Å². The molecule has 13 heteroatoms. The van der Waals surface area contributed by atoms with Gasteiger partial charge in [0, 0.05) is 31.6 Å². The average molecular weight is 720 g/mol. The largest absolute Gasteiger partial charge is 0.465 e. The van der Waals surface area contributed by atoms with Crippen molar-refractivity contribution >= 4 is 29.6 Å².